The van der Waals surface area contributed by atoms with Gasteiger partial charge in [0.2, 0.25) is 0 Å². The van der Waals surface area contributed by atoms with Crippen molar-refractivity contribution in [2.75, 3.05) is 0 Å². The lowest BCUT2D eigenvalue weighted by Crippen LogP contribution is -2.25. The summed E-state index contributed by atoms with van der Waals surface area (Å²) < 4.78 is 15.3. The lowest BCUT2D eigenvalue weighted by Gasteiger charge is -1.97. The van der Waals surface area contributed by atoms with Crippen LogP contribution >= 0.6 is 0 Å². The number of rotatable bonds is 2. The number of aromatic nitrogens is 2. The summed E-state index contributed by atoms with van der Waals surface area (Å²) in [7, 11) is 1.51. The van der Waals surface area contributed by atoms with E-state index in [1.807, 2.05) is 0 Å². The smallest absolute Gasteiger partial charge is 0.329 e. The van der Waals surface area contributed by atoms with E-state index in [9.17, 15) is 14.0 Å². The van der Waals surface area contributed by atoms with Crippen LogP contribution in [0.2, 0.25) is 0 Å². The fourth-order valence-corrected chi connectivity index (χ4v) is 1.67. The number of fused-ring (bicyclic) bond motifs is 1. The predicted octanol–water partition coefficient (Wildman–Crippen LogP) is 0.564. The Hall–Kier alpha value is -2.11. The molecule has 0 aliphatic carbocycles. The second-order valence-corrected chi connectivity index (χ2v) is 3.45. The van der Waals surface area contributed by atoms with Gasteiger partial charge in [0.15, 0.2) is 0 Å². The molecule has 0 aliphatic rings. The summed E-state index contributed by atoms with van der Waals surface area (Å²) in [6, 6.07) is 3.83. The Labute approximate surface area is 89.3 Å². The topological polar surface area (TPSA) is 64.2 Å². The number of aliphatic carboxylic acids is 1. The molecule has 0 unspecified atom stereocenters. The molecule has 2 aromatic rings. The van der Waals surface area contributed by atoms with Crippen LogP contribution in [0.3, 0.4) is 0 Å². The first kappa shape index (κ1) is 10.4. The fourth-order valence-electron chi connectivity index (χ4n) is 1.67. The minimum atomic E-state index is -1.14. The van der Waals surface area contributed by atoms with Crippen molar-refractivity contribution in [1.82, 2.24) is 9.13 Å². The summed E-state index contributed by atoms with van der Waals surface area (Å²) >= 11 is 0. The molecule has 0 amide bonds. The average molecular weight is 224 g/mol. The molecule has 0 atom stereocenters. The lowest BCUT2D eigenvalue weighted by molar-refractivity contribution is -0.137. The first-order valence-electron chi connectivity index (χ1n) is 4.57. The number of nitrogens with zero attached hydrogens (tertiary/aromatic N) is 2. The number of imidazole rings is 1. The van der Waals surface area contributed by atoms with Gasteiger partial charge in [-0.15, -0.1) is 0 Å². The van der Waals surface area contributed by atoms with Gasteiger partial charge in [-0.05, 0) is 18.2 Å². The van der Waals surface area contributed by atoms with Crippen molar-refractivity contribution in [1.29, 1.82) is 0 Å². The Morgan fingerprint density at radius 1 is 1.44 bits per heavy atom. The third-order valence-corrected chi connectivity index (χ3v) is 2.40. The molecule has 0 spiro atoms. The van der Waals surface area contributed by atoms with Crippen LogP contribution in [0.25, 0.3) is 11.0 Å². The molecule has 2 rings (SSSR count). The summed E-state index contributed by atoms with van der Waals surface area (Å²) in [6.45, 7) is -0.473. The van der Waals surface area contributed by atoms with Gasteiger partial charge in [-0.25, -0.2) is 9.18 Å². The maximum absolute atomic E-state index is 13.0. The van der Waals surface area contributed by atoms with Gasteiger partial charge < -0.3 is 5.11 Å². The van der Waals surface area contributed by atoms with Gasteiger partial charge in [0.25, 0.3) is 0 Å². The van der Waals surface area contributed by atoms with Crippen molar-refractivity contribution in [2.45, 2.75) is 6.54 Å². The van der Waals surface area contributed by atoms with E-state index in [2.05, 4.69) is 0 Å². The Morgan fingerprint density at radius 3 is 2.75 bits per heavy atom. The van der Waals surface area contributed by atoms with Gasteiger partial charge in [0.1, 0.15) is 12.4 Å². The van der Waals surface area contributed by atoms with Gasteiger partial charge in [0, 0.05) is 7.05 Å². The molecular formula is C10H9FN2O3. The second-order valence-electron chi connectivity index (χ2n) is 3.45. The highest BCUT2D eigenvalue weighted by atomic mass is 19.1. The molecule has 1 aromatic heterocycles. The zero-order valence-electron chi connectivity index (χ0n) is 8.48. The van der Waals surface area contributed by atoms with Crippen LogP contribution in [0, 0.1) is 5.82 Å². The van der Waals surface area contributed by atoms with Crippen LogP contribution in [0.1, 0.15) is 0 Å². The summed E-state index contributed by atoms with van der Waals surface area (Å²) in [5, 5.41) is 8.67. The normalized spacial score (nSPS) is 10.9. The molecule has 5 nitrogen and oxygen atoms in total. The van der Waals surface area contributed by atoms with E-state index in [-0.39, 0.29) is 5.52 Å². The zero-order chi connectivity index (χ0) is 11.9. The number of hydrogen-bond acceptors (Lipinski definition) is 2. The van der Waals surface area contributed by atoms with Gasteiger partial charge >= 0.3 is 11.7 Å². The summed E-state index contributed by atoms with van der Waals surface area (Å²) in [5.41, 5.74) is 0.325. The summed E-state index contributed by atoms with van der Waals surface area (Å²) in [6.07, 6.45) is 0. The number of benzene rings is 1. The van der Waals surface area contributed by atoms with Gasteiger partial charge in [-0.1, -0.05) is 0 Å². The van der Waals surface area contributed by atoms with Crippen LogP contribution in [0.15, 0.2) is 23.0 Å². The van der Waals surface area contributed by atoms with Crippen LogP contribution in [-0.2, 0) is 18.4 Å². The van der Waals surface area contributed by atoms with E-state index in [0.29, 0.717) is 5.52 Å². The summed E-state index contributed by atoms with van der Waals surface area (Å²) in [4.78, 5) is 22.3. The molecular weight excluding hydrogens is 215 g/mol. The van der Waals surface area contributed by atoms with Crippen LogP contribution in [0.5, 0.6) is 0 Å². The van der Waals surface area contributed by atoms with Crippen LogP contribution < -0.4 is 5.69 Å². The highest BCUT2D eigenvalue weighted by Gasteiger charge is 2.13. The van der Waals surface area contributed by atoms with Crippen molar-refractivity contribution >= 4 is 17.0 Å². The standard InChI is InChI=1S/C10H9FN2O3/c1-12-7-3-2-6(11)4-8(7)13(10(12)16)5-9(14)15/h2-4H,5H2,1H3,(H,14,15). The number of carboxylic acids is 1. The first-order valence-corrected chi connectivity index (χ1v) is 4.57. The van der Waals surface area contributed by atoms with Gasteiger partial charge in [-0.2, -0.15) is 0 Å². The average Bonchev–Trinajstić information content (AvgIpc) is 2.43. The number of carbonyl (C=O) groups is 1. The van der Waals surface area contributed by atoms with Crippen LogP contribution in [0.4, 0.5) is 4.39 Å². The molecule has 0 saturated carbocycles. The highest BCUT2D eigenvalue weighted by Crippen LogP contribution is 2.13. The van der Waals surface area contributed by atoms with Crippen molar-refractivity contribution in [3.63, 3.8) is 0 Å². The number of halogens is 1. The molecule has 0 fully saturated rings. The molecule has 84 valence electrons. The SMILES string of the molecule is Cn1c(=O)n(CC(=O)O)c2cc(F)ccc21. The lowest BCUT2D eigenvalue weighted by atomic mass is 10.3. The zero-order valence-corrected chi connectivity index (χ0v) is 8.48. The van der Waals surface area contributed by atoms with Crippen molar-refractivity contribution < 1.29 is 14.3 Å². The van der Waals surface area contributed by atoms with E-state index in [1.165, 1.54) is 23.7 Å². The van der Waals surface area contributed by atoms with E-state index in [0.717, 1.165) is 10.6 Å². The van der Waals surface area contributed by atoms with Crippen LogP contribution in [-0.4, -0.2) is 20.2 Å². The molecule has 1 N–H and O–H groups in total. The number of hydrogen-bond donors (Lipinski definition) is 1. The Bertz CT molecular complexity index is 627. The second kappa shape index (κ2) is 3.48. The monoisotopic (exact) mass is 224 g/mol. The van der Waals surface area contributed by atoms with Gasteiger partial charge in [-0.3, -0.25) is 13.9 Å². The predicted molar refractivity (Wildman–Crippen MR) is 54.8 cm³/mol. The van der Waals surface area contributed by atoms with Crippen molar-refractivity contribution in [3.8, 4) is 0 Å². The number of aryl methyl sites for hydroxylation is 1. The third-order valence-electron chi connectivity index (χ3n) is 2.40. The minimum absolute atomic E-state index is 0.287. The highest BCUT2D eigenvalue weighted by molar-refractivity contribution is 5.78. The van der Waals surface area contributed by atoms with E-state index >= 15 is 0 Å². The maximum atomic E-state index is 13.0. The molecule has 16 heavy (non-hydrogen) atoms. The third kappa shape index (κ3) is 1.48. The van der Waals surface area contributed by atoms with E-state index in [1.54, 1.807) is 0 Å². The van der Waals surface area contributed by atoms with E-state index < -0.39 is 24.0 Å². The van der Waals surface area contributed by atoms with Crippen molar-refractivity contribution in [3.05, 3.63) is 34.5 Å². The molecule has 0 radical (unpaired) electrons. The Balaban J connectivity index is 2.80. The molecule has 0 aliphatic heterocycles. The molecule has 0 saturated heterocycles. The van der Waals surface area contributed by atoms with Gasteiger partial charge in [0.05, 0.1) is 11.0 Å². The Morgan fingerprint density at radius 2 is 2.12 bits per heavy atom. The molecule has 0 bridgehead atoms. The van der Waals surface area contributed by atoms with Crippen molar-refractivity contribution in [2.24, 2.45) is 7.05 Å². The maximum Gasteiger partial charge on any atom is 0.329 e. The summed E-state index contributed by atoms with van der Waals surface area (Å²) in [5.74, 6) is -1.64. The minimum Gasteiger partial charge on any atom is -0.480 e. The van der Waals surface area contributed by atoms with E-state index in [4.69, 9.17) is 5.11 Å². The Kier molecular flexibility index (Phi) is 2.26. The first-order chi connectivity index (χ1) is 7.50. The number of carboxylic acid groups (broad SMARTS) is 1. The molecule has 6 heteroatoms. The molecule has 1 heterocycles. The molecule has 1 aromatic carbocycles. The largest absolute Gasteiger partial charge is 0.480 e. The quantitative estimate of drug-likeness (QED) is 0.810. The fraction of sp³-hybridized carbons (Fsp3) is 0.200.